The van der Waals surface area contributed by atoms with Crippen molar-refractivity contribution in [3.63, 3.8) is 0 Å². The number of anilines is 2. The molecule has 0 aliphatic rings. The summed E-state index contributed by atoms with van der Waals surface area (Å²) in [5.41, 5.74) is 8.37. The maximum atomic E-state index is 4.85. The van der Waals surface area contributed by atoms with E-state index in [1.807, 2.05) is 24.5 Å². The number of H-pyrrole nitrogens is 1. The first-order valence-electron chi connectivity index (χ1n) is 8.54. The number of fused-ring (bicyclic) bond motifs is 4. The molecule has 126 valence electrons. The van der Waals surface area contributed by atoms with Crippen LogP contribution in [0.15, 0.2) is 55.1 Å². The summed E-state index contributed by atoms with van der Waals surface area (Å²) >= 11 is 0. The highest BCUT2D eigenvalue weighted by molar-refractivity contribution is 6.15. The molecule has 0 saturated carbocycles. The molecule has 0 fully saturated rings. The van der Waals surface area contributed by atoms with Crippen LogP contribution in [0.3, 0.4) is 0 Å². The minimum Gasteiger partial charge on any atom is -0.353 e. The van der Waals surface area contributed by atoms with Crippen LogP contribution in [-0.2, 0) is 0 Å². The number of hydrogen-bond acceptors (Lipinski definition) is 4. The Morgan fingerprint density at radius 3 is 2.54 bits per heavy atom. The van der Waals surface area contributed by atoms with E-state index >= 15 is 0 Å². The van der Waals surface area contributed by atoms with Gasteiger partial charge in [-0.15, -0.1) is 0 Å². The van der Waals surface area contributed by atoms with E-state index in [4.69, 9.17) is 4.98 Å². The van der Waals surface area contributed by atoms with Gasteiger partial charge in [-0.1, -0.05) is 6.07 Å². The van der Waals surface area contributed by atoms with Crippen LogP contribution in [-0.4, -0.2) is 19.9 Å². The highest BCUT2D eigenvalue weighted by atomic mass is 14.9. The van der Waals surface area contributed by atoms with E-state index in [0.717, 1.165) is 44.2 Å². The fraction of sp³-hybridized carbons (Fsp3) is 0.0952. The van der Waals surface area contributed by atoms with Crippen molar-refractivity contribution in [1.29, 1.82) is 0 Å². The molecular formula is C21H17N5. The zero-order chi connectivity index (χ0) is 17.7. The lowest BCUT2D eigenvalue weighted by molar-refractivity contribution is 1.33. The van der Waals surface area contributed by atoms with Crippen LogP contribution in [0.1, 0.15) is 11.1 Å². The van der Waals surface area contributed by atoms with Gasteiger partial charge >= 0.3 is 0 Å². The second-order valence-corrected chi connectivity index (χ2v) is 6.57. The minimum absolute atomic E-state index is 0.906. The van der Waals surface area contributed by atoms with Crippen LogP contribution in [0.5, 0.6) is 0 Å². The monoisotopic (exact) mass is 339 g/mol. The quantitative estimate of drug-likeness (QED) is 0.474. The maximum Gasteiger partial charge on any atom is 0.100 e. The summed E-state index contributed by atoms with van der Waals surface area (Å²) < 4.78 is 0. The molecule has 0 aliphatic heterocycles. The minimum atomic E-state index is 0.906. The van der Waals surface area contributed by atoms with Crippen molar-refractivity contribution in [2.45, 2.75) is 13.8 Å². The summed E-state index contributed by atoms with van der Waals surface area (Å²) in [6.07, 6.45) is 7.27. The molecule has 1 aromatic carbocycles. The number of nitrogens with zero attached hydrogens (tertiary/aromatic N) is 3. The summed E-state index contributed by atoms with van der Waals surface area (Å²) in [5, 5.41) is 5.59. The number of aromatic nitrogens is 4. The van der Waals surface area contributed by atoms with Gasteiger partial charge in [0.1, 0.15) is 5.52 Å². The third-order valence-corrected chi connectivity index (χ3v) is 4.90. The predicted octanol–water partition coefficient (Wildman–Crippen LogP) is 5.02. The number of benzene rings is 1. The summed E-state index contributed by atoms with van der Waals surface area (Å²) in [7, 11) is 0. The summed E-state index contributed by atoms with van der Waals surface area (Å²) in [6, 6.07) is 10.3. The van der Waals surface area contributed by atoms with E-state index in [1.165, 1.54) is 11.1 Å². The molecule has 26 heavy (non-hydrogen) atoms. The van der Waals surface area contributed by atoms with E-state index in [-0.39, 0.29) is 0 Å². The Kier molecular flexibility index (Phi) is 3.15. The van der Waals surface area contributed by atoms with Crippen molar-refractivity contribution < 1.29 is 0 Å². The van der Waals surface area contributed by atoms with Crippen molar-refractivity contribution in [2.24, 2.45) is 0 Å². The lowest BCUT2D eigenvalue weighted by Gasteiger charge is -2.12. The van der Waals surface area contributed by atoms with E-state index in [9.17, 15) is 0 Å². The van der Waals surface area contributed by atoms with Crippen molar-refractivity contribution in [2.75, 3.05) is 5.32 Å². The molecule has 0 radical (unpaired) electrons. The SMILES string of the molecule is Cc1ccc(Nc2c3cnccc3nc3c2[nH]c2ccncc23)cc1C. The second kappa shape index (κ2) is 5.52. The molecule has 0 atom stereocenters. The van der Waals surface area contributed by atoms with Gasteiger partial charge in [-0.25, -0.2) is 4.98 Å². The Morgan fingerprint density at radius 1 is 0.885 bits per heavy atom. The van der Waals surface area contributed by atoms with Crippen molar-refractivity contribution in [3.05, 3.63) is 66.2 Å². The third-order valence-electron chi connectivity index (χ3n) is 4.90. The highest BCUT2D eigenvalue weighted by Crippen LogP contribution is 2.35. The Balaban J connectivity index is 1.83. The van der Waals surface area contributed by atoms with E-state index in [0.29, 0.717) is 0 Å². The van der Waals surface area contributed by atoms with Crippen LogP contribution < -0.4 is 5.32 Å². The molecule has 0 bridgehead atoms. The van der Waals surface area contributed by atoms with Crippen molar-refractivity contribution in [1.82, 2.24) is 19.9 Å². The van der Waals surface area contributed by atoms with Gasteiger partial charge in [0.2, 0.25) is 0 Å². The van der Waals surface area contributed by atoms with E-state index in [1.54, 1.807) is 12.4 Å². The Bertz CT molecular complexity index is 1290. The van der Waals surface area contributed by atoms with E-state index in [2.05, 4.69) is 52.3 Å². The molecule has 5 aromatic rings. The van der Waals surface area contributed by atoms with Crippen LogP contribution in [0.2, 0.25) is 0 Å². The maximum absolute atomic E-state index is 4.85. The first-order chi connectivity index (χ1) is 12.7. The van der Waals surface area contributed by atoms with Gasteiger partial charge in [0.25, 0.3) is 0 Å². The molecule has 0 unspecified atom stereocenters. The first kappa shape index (κ1) is 14.8. The average molecular weight is 339 g/mol. The van der Waals surface area contributed by atoms with Crippen LogP contribution >= 0.6 is 0 Å². The normalized spacial score (nSPS) is 11.5. The number of nitrogens with one attached hydrogen (secondary N) is 2. The molecule has 0 saturated heterocycles. The van der Waals surface area contributed by atoms with Crippen molar-refractivity contribution in [3.8, 4) is 0 Å². The molecule has 2 N–H and O–H groups in total. The smallest absolute Gasteiger partial charge is 0.100 e. The third kappa shape index (κ3) is 2.21. The summed E-state index contributed by atoms with van der Waals surface area (Å²) in [6.45, 7) is 4.24. The topological polar surface area (TPSA) is 66.5 Å². The number of aryl methyl sites for hydroxylation is 2. The molecule has 0 amide bonds. The van der Waals surface area contributed by atoms with Crippen molar-refractivity contribution >= 4 is 44.2 Å². The largest absolute Gasteiger partial charge is 0.353 e. The van der Waals surface area contributed by atoms with Gasteiger partial charge < -0.3 is 10.3 Å². The molecule has 4 aromatic heterocycles. The summed E-state index contributed by atoms with van der Waals surface area (Å²) in [5.74, 6) is 0. The van der Waals surface area contributed by atoms with Crippen LogP contribution in [0.25, 0.3) is 32.8 Å². The molecule has 4 heterocycles. The standard InChI is InChI=1S/C21H17N5/c1-12-3-4-14(9-13(12)2)24-19-15-10-22-7-5-17(15)25-20-16-11-23-8-6-18(16)26-21(19)20/h3-11,26H,1-2H3,(H,24,25). The number of hydrogen-bond donors (Lipinski definition) is 2. The number of aromatic amines is 1. The number of pyridine rings is 3. The second-order valence-electron chi connectivity index (χ2n) is 6.57. The van der Waals surface area contributed by atoms with Gasteiger partial charge in [-0.05, 0) is 49.2 Å². The fourth-order valence-electron chi connectivity index (χ4n) is 3.34. The predicted molar refractivity (Wildman–Crippen MR) is 106 cm³/mol. The lowest BCUT2D eigenvalue weighted by atomic mass is 10.1. The molecule has 5 rings (SSSR count). The van der Waals surface area contributed by atoms with Gasteiger partial charge in [-0.3, -0.25) is 9.97 Å². The van der Waals surface area contributed by atoms with Gasteiger partial charge in [0.15, 0.2) is 0 Å². The molecular weight excluding hydrogens is 322 g/mol. The fourth-order valence-corrected chi connectivity index (χ4v) is 3.34. The number of rotatable bonds is 2. The Morgan fingerprint density at radius 2 is 1.69 bits per heavy atom. The Labute approximate surface area is 150 Å². The Hall–Kier alpha value is -3.47. The molecule has 0 spiro atoms. The lowest BCUT2D eigenvalue weighted by Crippen LogP contribution is -1.96. The molecule has 5 heteroatoms. The van der Waals surface area contributed by atoms with Gasteiger partial charge in [-0.2, -0.15) is 0 Å². The van der Waals surface area contributed by atoms with Crippen LogP contribution in [0, 0.1) is 13.8 Å². The zero-order valence-corrected chi connectivity index (χ0v) is 14.5. The first-order valence-corrected chi connectivity index (χ1v) is 8.54. The highest BCUT2D eigenvalue weighted by Gasteiger charge is 2.14. The van der Waals surface area contributed by atoms with Crippen LogP contribution in [0.4, 0.5) is 11.4 Å². The van der Waals surface area contributed by atoms with Gasteiger partial charge in [0.05, 0.1) is 22.2 Å². The zero-order valence-electron chi connectivity index (χ0n) is 14.5. The average Bonchev–Trinajstić information content (AvgIpc) is 3.03. The van der Waals surface area contributed by atoms with Gasteiger partial charge in [0, 0.05) is 41.2 Å². The van der Waals surface area contributed by atoms with E-state index < -0.39 is 0 Å². The summed E-state index contributed by atoms with van der Waals surface area (Å²) in [4.78, 5) is 16.9. The molecule has 0 aliphatic carbocycles. The molecule has 5 nitrogen and oxygen atoms in total.